The van der Waals surface area contributed by atoms with Crippen LogP contribution in [0.25, 0.3) is 11.3 Å². The molecule has 0 aliphatic carbocycles. The number of hydrogen-bond acceptors (Lipinski definition) is 3. The Labute approximate surface area is 140 Å². The highest BCUT2D eigenvalue weighted by atomic mass is 16.2. The summed E-state index contributed by atoms with van der Waals surface area (Å²) in [6, 6.07) is 12.2. The van der Waals surface area contributed by atoms with Gasteiger partial charge in [0.1, 0.15) is 6.33 Å². The van der Waals surface area contributed by atoms with Crippen molar-refractivity contribution in [2.24, 2.45) is 0 Å². The number of hydrogen-bond donors (Lipinski definition) is 0. The van der Waals surface area contributed by atoms with Crippen LogP contribution in [0.1, 0.15) is 25.0 Å². The monoisotopic (exact) mass is 318 g/mol. The van der Waals surface area contributed by atoms with Gasteiger partial charge in [0.25, 0.3) is 0 Å². The number of rotatable bonds is 1. The first-order chi connectivity index (χ1) is 11.6. The van der Waals surface area contributed by atoms with Crippen molar-refractivity contribution in [1.29, 1.82) is 0 Å². The first-order valence-corrected chi connectivity index (χ1v) is 7.92. The summed E-state index contributed by atoms with van der Waals surface area (Å²) in [6.07, 6.45) is 6.64. The van der Waals surface area contributed by atoms with Crippen molar-refractivity contribution in [2.75, 3.05) is 0 Å². The Balaban J connectivity index is 1.72. The maximum Gasteiger partial charge on any atom is 0.330 e. The molecule has 1 aromatic carbocycles. The molecule has 0 unspecified atom stereocenters. The fraction of sp³-hybridized carbons (Fsp3) is 0.211. The van der Waals surface area contributed by atoms with Gasteiger partial charge in [-0.25, -0.2) is 9.78 Å². The van der Waals surface area contributed by atoms with Gasteiger partial charge in [-0.3, -0.25) is 9.55 Å². The van der Waals surface area contributed by atoms with Crippen LogP contribution in [-0.4, -0.2) is 25.5 Å². The van der Waals surface area contributed by atoms with E-state index >= 15 is 0 Å². The Hall–Kier alpha value is -2.95. The van der Waals surface area contributed by atoms with Gasteiger partial charge in [0.05, 0.1) is 11.2 Å². The lowest BCUT2D eigenvalue weighted by Gasteiger charge is -2.32. The topological polar surface area (TPSA) is 51.0 Å². The standard InChI is InChI=1S/C19H18N4O/c1-19(2)16-7-6-14(17-5-3-4-8-21-17)11-15(16)12-23(19)18(24)22-10-9-20-13-22/h3-11,13H,12H2,1-2H3. The zero-order valence-electron chi connectivity index (χ0n) is 13.7. The number of imidazole rings is 1. The Morgan fingerprint density at radius 1 is 1.17 bits per heavy atom. The number of carbonyl (C=O) groups excluding carboxylic acids is 1. The largest absolute Gasteiger partial charge is 0.330 e. The smallest absolute Gasteiger partial charge is 0.311 e. The maximum atomic E-state index is 12.8. The van der Waals surface area contributed by atoms with Gasteiger partial charge in [0.15, 0.2) is 0 Å². The molecule has 1 amide bonds. The fourth-order valence-electron chi connectivity index (χ4n) is 3.35. The quantitative estimate of drug-likeness (QED) is 0.688. The van der Waals surface area contributed by atoms with Crippen LogP contribution in [0.3, 0.4) is 0 Å². The molecule has 5 nitrogen and oxygen atoms in total. The van der Waals surface area contributed by atoms with Gasteiger partial charge < -0.3 is 4.90 Å². The summed E-state index contributed by atoms with van der Waals surface area (Å²) >= 11 is 0. The zero-order valence-corrected chi connectivity index (χ0v) is 13.7. The van der Waals surface area contributed by atoms with Crippen molar-refractivity contribution in [3.8, 4) is 11.3 Å². The van der Waals surface area contributed by atoms with Crippen LogP contribution in [0.4, 0.5) is 4.79 Å². The summed E-state index contributed by atoms with van der Waals surface area (Å²) in [5, 5.41) is 0. The van der Waals surface area contributed by atoms with Gasteiger partial charge in [-0.1, -0.05) is 18.2 Å². The summed E-state index contributed by atoms with van der Waals surface area (Å²) in [5.41, 5.74) is 3.99. The van der Waals surface area contributed by atoms with Crippen LogP contribution in [-0.2, 0) is 12.1 Å². The molecule has 1 aliphatic rings. The van der Waals surface area contributed by atoms with Crippen molar-refractivity contribution in [2.45, 2.75) is 25.9 Å². The molecule has 1 aliphatic heterocycles. The minimum atomic E-state index is -0.362. The first-order valence-electron chi connectivity index (χ1n) is 7.92. The van der Waals surface area contributed by atoms with E-state index in [1.807, 2.05) is 23.1 Å². The number of carbonyl (C=O) groups is 1. The SMILES string of the molecule is CC1(C)c2ccc(-c3ccccn3)cc2CN1C(=O)n1ccnc1. The lowest BCUT2D eigenvalue weighted by Crippen LogP contribution is -2.42. The average molecular weight is 318 g/mol. The van der Waals surface area contributed by atoms with Gasteiger partial charge >= 0.3 is 6.03 Å². The second kappa shape index (κ2) is 5.30. The minimum absolute atomic E-state index is 0.0620. The van der Waals surface area contributed by atoms with Crippen molar-refractivity contribution < 1.29 is 4.79 Å². The molecule has 0 saturated heterocycles. The van der Waals surface area contributed by atoms with Crippen molar-refractivity contribution in [3.05, 3.63) is 72.4 Å². The highest BCUT2D eigenvalue weighted by Crippen LogP contribution is 2.40. The Kier molecular flexibility index (Phi) is 3.23. The van der Waals surface area contributed by atoms with Gasteiger partial charge in [0, 0.05) is 30.7 Å². The second-order valence-corrected chi connectivity index (χ2v) is 6.48. The number of pyridine rings is 1. The normalized spacial score (nSPS) is 15.3. The number of fused-ring (bicyclic) bond motifs is 1. The van der Waals surface area contributed by atoms with Crippen molar-refractivity contribution >= 4 is 6.03 Å². The molecule has 0 fully saturated rings. The molecule has 3 aromatic rings. The summed E-state index contributed by atoms with van der Waals surface area (Å²) in [7, 11) is 0. The van der Waals surface area contributed by atoms with Crippen LogP contribution in [0.2, 0.25) is 0 Å². The molecule has 2 aromatic heterocycles. The number of amides is 1. The number of aromatic nitrogens is 3. The second-order valence-electron chi connectivity index (χ2n) is 6.48. The molecule has 3 heterocycles. The zero-order chi connectivity index (χ0) is 16.7. The molecule has 0 saturated carbocycles. The van der Waals surface area contributed by atoms with Crippen LogP contribution in [0.5, 0.6) is 0 Å². The third-order valence-electron chi connectivity index (χ3n) is 4.68. The first kappa shape index (κ1) is 14.6. The summed E-state index contributed by atoms with van der Waals surface area (Å²) in [6.45, 7) is 4.74. The molecule has 0 spiro atoms. The Morgan fingerprint density at radius 2 is 2.04 bits per heavy atom. The van der Waals surface area contributed by atoms with E-state index in [0.29, 0.717) is 6.54 Å². The van der Waals surface area contributed by atoms with E-state index in [1.165, 1.54) is 10.1 Å². The fourth-order valence-corrected chi connectivity index (χ4v) is 3.35. The highest BCUT2D eigenvalue weighted by molar-refractivity contribution is 5.79. The van der Waals surface area contributed by atoms with Crippen LogP contribution >= 0.6 is 0 Å². The van der Waals surface area contributed by atoms with E-state index in [2.05, 4.69) is 42.0 Å². The lowest BCUT2D eigenvalue weighted by molar-refractivity contribution is 0.146. The third kappa shape index (κ3) is 2.21. The van der Waals surface area contributed by atoms with Crippen LogP contribution in [0.15, 0.2) is 61.3 Å². The van der Waals surface area contributed by atoms with E-state index < -0.39 is 0 Å². The van der Waals surface area contributed by atoms with Crippen molar-refractivity contribution in [3.63, 3.8) is 0 Å². The highest BCUT2D eigenvalue weighted by Gasteiger charge is 2.40. The van der Waals surface area contributed by atoms with E-state index in [1.54, 1.807) is 24.9 Å². The summed E-state index contributed by atoms with van der Waals surface area (Å²) in [5.74, 6) is 0. The molecular weight excluding hydrogens is 300 g/mol. The van der Waals surface area contributed by atoms with E-state index in [0.717, 1.165) is 16.8 Å². The predicted octanol–water partition coefficient (Wildman–Crippen LogP) is 3.66. The third-order valence-corrected chi connectivity index (χ3v) is 4.68. The van der Waals surface area contributed by atoms with Gasteiger partial charge in [-0.15, -0.1) is 0 Å². The number of benzene rings is 1. The van der Waals surface area contributed by atoms with E-state index in [-0.39, 0.29) is 11.6 Å². The van der Waals surface area contributed by atoms with E-state index in [9.17, 15) is 4.79 Å². The van der Waals surface area contributed by atoms with E-state index in [4.69, 9.17) is 0 Å². The molecule has 0 radical (unpaired) electrons. The number of nitrogens with zero attached hydrogens (tertiary/aromatic N) is 4. The van der Waals surface area contributed by atoms with Gasteiger partial charge in [-0.05, 0) is 43.2 Å². The predicted molar refractivity (Wildman–Crippen MR) is 91.3 cm³/mol. The van der Waals surface area contributed by atoms with Gasteiger partial charge in [0.2, 0.25) is 0 Å². The molecule has 5 heteroatoms. The minimum Gasteiger partial charge on any atom is -0.311 e. The Bertz CT molecular complexity index is 885. The molecule has 4 rings (SSSR count). The lowest BCUT2D eigenvalue weighted by atomic mass is 9.92. The molecule has 24 heavy (non-hydrogen) atoms. The molecule has 0 bridgehead atoms. The maximum absolute atomic E-state index is 12.8. The van der Waals surface area contributed by atoms with Crippen LogP contribution in [0, 0.1) is 0 Å². The summed E-state index contributed by atoms with van der Waals surface area (Å²) in [4.78, 5) is 23.0. The molecule has 0 N–H and O–H groups in total. The average Bonchev–Trinajstić information content (AvgIpc) is 3.22. The van der Waals surface area contributed by atoms with Gasteiger partial charge in [-0.2, -0.15) is 0 Å². The molecular formula is C19H18N4O. The molecule has 0 atom stereocenters. The van der Waals surface area contributed by atoms with Crippen LogP contribution < -0.4 is 0 Å². The summed E-state index contributed by atoms with van der Waals surface area (Å²) < 4.78 is 1.52. The Morgan fingerprint density at radius 3 is 2.75 bits per heavy atom. The van der Waals surface area contributed by atoms with Crippen molar-refractivity contribution in [1.82, 2.24) is 19.4 Å². The molecule has 120 valence electrons.